The van der Waals surface area contributed by atoms with Crippen LogP contribution in [0.3, 0.4) is 0 Å². The Morgan fingerprint density at radius 2 is 1.83 bits per heavy atom. The number of halogens is 5. The van der Waals surface area contributed by atoms with Crippen LogP contribution in [0.2, 0.25) is 0 Å². The Morgan fingerprint density at radius 1 is 1.13 bits per heavy atom. The van der Waals surface area contributed by atoms with Crippen molar-refractivity contribution in [2.75, 3.05) is 25.4 Å². The van der Waals surface area contributed by atoms with Crippen LogP contribution in [0.4, 0.5) is 27.8 Å². The molecule has 2 aliphatic carbocycles. The van der Waals surface area contributed by atoms with E-state index in [0.717, 1.165) is 43.2 Å². The zero-order valence-corrected chi connectivity index (χ0v) is 16.3. The molecule has 1 saturated heterocycles. The smallest absolute Gasteiger partial charge is 0.383 e. The first-order chi connectivity index (χ1) is 14.2. The molecule has 164 valence electrons. The van der Waals surface area contributed by atoms with E-state index in [9.17, 15) is 22.0 Å². The van der Waals surface area contributed by atoms with Gasteiger partial charge >= 0.3 is 6.18 Å². The largest absolute Gasteiger partial charge is 0.419 e. The highest BCUT2D eigenvalue weighted by Gasteiger charge is 2.45. The predicted octanol–water partition coefficient (Wildman–Crippen LogP) is 4.23. The van der Waals surface area contributed by atoms with Gasteiger partial charge in [0.1, 0.15) is 11.6 Å². The Labute approximate surface area is 170 Å². The monoisotopic (exact) mass is 429 g/mol. The van der Waals surface area contributed by atoms with Crippen molar-refractivity contribution < 1.29 is 22.0 Å². The Balaban J connectivity index is 0.000000181. The highest BCUT2D eigenvalue weighted by molar-refractivity contribution is 5.61. The number of pyridine rings is 1. The molecule has 30 heavy (non-hydrogen) atoms. The lowest BCUT2D eigenvalue weighted by Gasteiger charge is -2.15. The second-order valence-corrected chi connectivity index (χ2v) is 8.41. The highest BCUT2D eigenvalue weighted by Crippen LogP contribution is 2.44. The van der Waals surface area contributed by atoms with Gasteiger partial charge in [-0.2, -0.15) is 13.2 Å². The van der Waals surface area contributed by atoms with Crippen molar-refractivity contribution in [3.05, 3.63) is 29.8 Å². The van der Waals surface area contributed by atoms with Gasteiger partial charge in [-0.05, 0) is 43.1 Å². The minimum Gasteiger partial charge on any atom is -0.383 e. The molecular formula is C20H24F5N5. The maximum absolute atomic E-state index is 12.8. The van der Waals surface area contributed by atoms with Gasteiger partial charge in [0, 0.05) is 31.3 Å². The van der Waals surface area contributed by atoms with Crippen LogP contribution in [0, 0.1) is 17.8 Å². The fraction of sp³-hybridized carbons (Fsp3) is 0.600. The van der Waals surface area contributed by atoms with Crippen molar-refractivity contribution >= 4 is 5.82 Å². The van der Waals surface area contributed by atoms with Gasteiger partial charge in [-0.15, -0.1) is 0 Å². The van der Waals surface area contributed by atoms with Crippen molar-refractivity contribution in [1.82, 2.24) is 19.9 Å². The molecule has 3 aliphatic rings. The van der Waals surface area contributed by atoms with Gasteiger partial charge in [-0.25, -0.2) is 18.7 Å². The molecule has 5 rings (SSSR count). The lowest BCUT2D eigenvalue weighted by molar-refractivity contribution is -0.137. The van der Waals surface area contributed by atoms with Crippen LogP contribution in [0.25, 0.3) is 11.3 Å². The lowest BCUT2D eigenvalue weighted by atomic mass is 10.1. The van der Waals surface area contributed by atoms with Crippen LogP contribution in [0.15, 0.2) is 18.5 Å². The molecule has 3 N–H and O–H groups in total. The molecule has 1 aliphatic heterocycles. The van der Waals surface area contributed by atoms with Gasteiger partial charge in [0.05, 0.1) is 24.0 Å². The standard InChI is InChI=1S/C13H13F3N4.C7H11F2N/c14-13(15,16)9-4-8(5-19-12(9)17)10-6-18-11(20-10)3-7-1-2-7;8-7(9)4-10-2-5-1-6(5)3-10/h4-7H,1-3H2,(H2,17,19)(H,18,20);5-7H,1-4H2. The predicted molar refractivity (Wildman–Crippen MR) is 102 cm³/mol. The summed E-state index contributed by atoms with van der Waals surface area (Å²) in [7, 11) is 0. The molecule has 3 heterocycles. The number of imidazole rings is 1. The molecule has 5 nitrogen and oxygen atoms in total. The lowest BCUT2D eigenvalue weighted by Crippen LogP contribution is -2.28. The average Bonchev–Trinajstić information content (AvgIpc) is 3.52. The zero-order valence-electron chi connectivity index (χ0n) is 16.3. The van der Waals surface area contributed by atoms with Crippen molar-refractivity contribution in [2.24, 2.45) is 17.8 Å². The van der Waals surface area contributed by atoms with E-state index in [2.05, 4.69) is 15.0 Å². The van der Waals surface area contributed by atoms with Gasteiger partial charge in [0.2, 0.25) is 0 Å². The summed E-state index contributed by atoms with van der Waals surface area (Å²) in [6.45, 7) is 1.84. The molecule has 0 spiro atoms. The van der Waals surface area contributed by atoms with E-state index in [1.54, 1.807) is 0 Å². The van der Waals surface area contributed by atoms with Crippen LogP contribution >= 0.6 is 0 Å². The second-order valence-electron chi connectivity index (χ2n) is 8.41. The Bertz CT molecular complexity index is 867. The van der Waals surface area contributed by atoms with Crippen LogP contribution in [0.1, 0.15) is 30.7 Å². The number of likely N-dealkylation sites (tertiary alicyclic amines) is 1. The normalized spacial score (nSPS) is 23.3. The van der Waals surface area contributed by atoms with Gasteiger partial charge in [0.15, 0.2) is 0 Å². The molecule has 3 fully saturated rings. The molecule has 2 atom stereocenters. The molecule has 10 heteroatoms. The number of hydrogen-bond donors (Lipinski definition) is 2. The van der Waals surface area contributed by atoms with Crippen LogP contribution < -0.4 is 5.73 Å². The van der Waals surface area contributed by atoms with E-state index in [1.807, 2.05) is 4.90 Å². The summed E-state index contributed by atoms with van der Waals surface area (Å²) in [6.07, 6.45) is 0.718. The molecule has 2 unspecified atom stereocenters. The number of H-pyrrole nitrogens is 1. The first-order valence-electron chi connectivity index (χ1n) is 10.1. The summed E-state index contributed by atoms with van der Waals surface area (Å²) in [5.41, 5.74) is 5.21. The van der Waals surface area contributed by atoms with Crippen LogP contribution in [0.5, 0.6) is 0 Å². The van der Waals surface area contributed by atoms with Crippen LogP contribution in [-0.4, -0.2) is 45.9 Å². The number of aromatic nitrogens is 3. The minimum atomic E-state index is -4.51. The maximum atomic E-state index is 12.8. The number of nitrogen functional groups attached to an aromatic ring is 1. The Kier molecular flexibility index (Phi) is 5.69. The summed E-state index contributed by atoms with van der Waals surface area (Å²) < 4.78 is 61.9. The Hall–Kier alpha value is -2.23. The molecule has 2 aromatic heterocycles. The molecule has 0 bridgehead atoms. The van der Waals surface area contributed by atoms with Gasteiger partial charge in [-0.1, -0.05) is 0 Å². The van der Waals surface area contributed by atoms with Gasteiger partial charge in [0.25, 0.3) is 6.43 Å². The number of piperidine rings is 1. The maximum Gasteiger partial charge on any atom is 0.419 e. The third-order valence-electron chi connectivity index (χ3n) is 5.79. The number of nitrogens with one attached hydrogen (secondary N) is 1. The van der Waals surface area contributed by atoms with Gasteiger partial charge in [-0.3, -0.25) is 4.90 Å². The molecule has 0 radical (unpaired) electrons. The summed E-state index contributed by atoms with van der Waals surface area (Å²) in [5.74, 6) is 2.49. The summed E-state index contributed by atoms with van der Waals surface area (Å²) in [5, 5.41) is 0. The number of nitrogens with two attached hydrogens (primary N) is 1. The number of alkyl halides is 5. The third kappa shape index (κ3) is 5.27. The first kappa shape index (κ1) is 21.0. The quantitative estimate of drug-likeness (QED) is 0.698. The summed E-state index contributed by atoms with van der Waals surface area (Å²) >= 11 is 0. The van der Waals surface area contributed by atoms with Crippen molar-refractivity contribution in [2.45, 2.75) is 38.3 Å². The number of aromatic amines is 1. The second kappa shape index (κ2) is 8.13. The van der Waals surface area contributed by atoms with Crippen molar-refractivity contribution in [3.63, 3.8) is 0 Å². The number of rotatable bonds is 5. The number of anilines is 1. The van der Waals surface area contributed by atoms with E-state index in [4.69, 9.17) is 5.73 Å². The van der Waals surface area contributed by atoms with E-state index < -0.39 is 24.0 Å². The fourth-order valence-corrected chi connectivity index (χ4v) is 3.90. The number of nitrogens with zero attached hydrogens (tertiary/aromatic N) is 3. The fourth-order valence-electron chi connectivity index (χ4n) is 3.90. The highest BCUT2D eigenvalue weighted by atomic mass is 19.4. The summed E-state index contributed by atoms with van der Waals surface area (Å²) in [6, 6.07) is 0.997. The first-order valence-corrected chi connectivity index (χ1v) is 10.1. The van der Waals surface area contributed by atoms with E-state index in [-0.39, 0.29) is 6.54 Å². The van der Waals surface area contributed by atoms with Crippen molar-refractivity contribution in [3.8, 4) is 11.3 Å². The Morgan fingerprint density at radius 3 is 2.43 bits per heavy atom. The van der Waals surface area contributed by atoms with E-state index >= 15 is 0 Å². The van der Waals surface area contributed by atoms with E-state index in [1.165, 1.54) is 31.7 Å². The zero-order chi connectivity index (χ0) is 21.5. The summed E-state index contributed by atoms with van der Waals surface area (Å²) in [4.78, 5) is 12.7. The number of fused-ring (bicyclic) bond motifs is 1. The number of hydrogen-bond acceptors (Lipinski definition) is 4. The van der Waals surface area contributed by atoms with Crippen molar-refractivity contribution in [1.29, 1.82) is 0 Å². The molecule has 2 saturated carbocycles. The molecular weight excluding hydrogens is 405 g/mol. The van der Waals surface area contributed by atoms with Crippen LogP contribution in [-0.2, 0) is 12.6 Å². The van der Waals surface area contributed by atoms with E-state index in [0.29, 0.717) is 17.2 Å². The average molecular weight is 429 g/mol. The minimum absolute atomic E-state index is 0.00694. The topological polar surface area (TPSA) is 70.8 Å². The third-order valence-corrected chi connectivity index (χ3v) is 5.79. The molecule has 0 aromatic carbocycles. The molecule has 2 aromatic rings. The van der Waals surface area contributed by atoms with Gasteiger partial charge < -0.3 is 10.7 Å². The molecule has 0 amide bonds. The SMILES string of the molecule is FC(F)CN1CC2CC2C1.Nc1ncc(-c2cnc(CC3CC3)[nH]2)cc1C(F)(F)F.